The molecule has 4 nitrogen and oxygen atoms in total. The highest BCUT2D eigenvalue weighted by molar-refractivity contribution is 14.0. The van der Waals surface area contributed by atoms with Gasteiger partial charge in [-0.15, -0.1) is 24.0 Å². The molecule has 1 aromatic heterocycles. The molecule has 0 radical (unpaired) electrons. The van der Waals surface area contributed by atoms with Gasteiger partial charge in [0.15, 0.2) is 5.96 Å². The van der Waals surface area contributed by atoms with Gasteiger partial charge in [0.2, 0.25) is 0 Å². The maximum Gasteiger partial charge on any atom is 0.191 e. The molecule has 1 heterocycles. The third kappa shape index (κ3) is 7.38. The van der Waals surface area contributed by atoms with Crippen LogP contribution in [0.4, 0.5) is 0 Å². The molecule has 0 bridgehead atoms. The lowest BCUT2D eigenvalue weighted by Crippen LogP contribution is -2.44. The van der Waals surface area contributed by atoms with Gasteiger partial charge < -0.3 is 15.1 Å². The molecule has 0 amide bonds. The number of guanidine groups is 1. The van der Waals surface area contributed by atoms with Crippen LogP contribution >= 0.6 is 24.0 Å². The summed E-state index contributed by atoms with van der Waals surface area (Å²) in [5.74, 6) is 2.38. The van der Waals surface area contributed by atoms with Gasteiger partial charge >= 0.3 is 0 Å². The smallest absolute Gasteiger partial charge is 0.191 e. The Morgan fingerprint density at radius 1 is 1.08 bits per heavy atom. The molecule has 5 heteroatoms. The van der Waals surface area contributed by atoms with Gasteiger partial charge in [-0.25, -0.2) is 4.99 Å². The summed E-state index contributed by atoms with van der Waals surface area (Å²) in [5, 5.41) is 6.87. The Kier molecular flexibility index (Phi) is 9.52. The number of rotatable bonds is 7. The highest BCUT2D eigenvalue weighted by Crippen LogP contribution is 2.03. The second-order valence-corrected chi connectivity index (χ2v) is 6.08. The maximum atomic E-state index is 5.36. The van der Waals surface area contributed by atoms with Crippen molar-refractivity contribution in [3.8, 4) is 0 Å². The van der Waals surface area contributed by atoms with E-state index in [2.05, 4.69) is 43.5 Å². The highest BCUT2D eigenvalue weighted by Gasteiger charge is 2.09. The average molecular weight is 441 g/mol. The fourth-order valence-corrected chi connectivity index (χ4v) is 2.05. The van der Waals surface area contributed by atoms with E-state index >= 15 is 0 Å². The molecule has 0 fully saturated rings. The van der Waals surface area contributed by atoms with Crippen LogP contribution < -0.4 is 10.6 Å². The van der Waals surface area contributed by atoms with Crippen molar-refractivity contribution in [2.24, 2.45) is 10.9 Å². The normalized spacial score (nSPS) is 12.6. The molecule has 0 aliphatic carbocycles. The molecule has 0 spiro atoms. The Balaban J connectivity index is 0.00000288. The van der Waals surface area contributed by atoms with Gasteiger partial charge in [0.25, 0.3) is 0 Å². The lowest BCUT2D eigenvalue weighted by molar-refractivity contribution is 0.477. The quantitative estimate of drug-likeness (QED) is 0.384. The molecule has 1 unspecified atom stereocenters. The van der Waals surface area contributed by atoms with E-state index in [-0.39, 0.29) is 24.0 Å². The number of hydrogen-bond donors (Lipinski definition) is 2. The van der Waals surface area contributed by atoms with E-state index in [0.717, 1.165) is 24.7 Å². The number of hydrogen-bond acceptors (Lipinski definition) is 2. The van der Waals surface area contributed by atoms with Crippen molar-refractivity contribution in [3.05, 3.63) is 60.1 Å². The van der Waals surface area contributed by atoms with E-state index in [1.807, 2.05) is 30.3 Å². The summed E-state index contributed by atoms with van der Waals surface area (Å²) in [6.45, 7) is 8.04. The van der Waals surface area contributed by atoms with E-state index in [1.165, 1.54) is 5.56 Å². The summed E-state index contributed by atoms with van der Waals surface area (Å²) in [6, 6.07) is 14.6. The highest BCUT2D eigenvalue weighted by atomic mass is 127. The lowest BCUT2D eigenvalue weighted by atomic mass is 10.1. The van der Waals surface area contributed by atoms with Crippen molar-refractivity contribution >= 4 is 29.9 Å². The van der Waals surface area contributed by atoms with Crippen molar-refractivity contribution in [1.29, 1.82) is 0 Å². The SMILES string of the molecule is CC(C)C(C)NC(=NCc1ccccc1)NCCc1ccco1.I. The summed E-state index contributed by atoms with van der Waals surface area (Å²) in [4.78, 5) is 4.70. The summed E-state index contributed by atoms with van der Waals surface area (Å²) < 4.78 is 5.36. The fraction of sp³-hybridized carbons (Fsp3) is 0.421. The molecule has 0 aliphatic heterocycles. The number of furan rings is 1. The zero-order valence-corrected chi connectivity index (χ0v) is 17.0. The zero-order chi connectivity index (χ0) is 16.5. The minimum absolute atomic E-state index is 0. The topological polar surface area (TPSA) is 49.6 Å². The number of nitrogens with one attached hydrogen (secondary N) is 2. The summed E-state index contributed by atoms with van der Waals surface area (Å²) in [5.41, 5.74) is 1.21. The Bertz CT molecular complexity index is 582. The van der Waals surface area contributed by atoms with E-state index < -0.39 is 0 Å². The number of nitrogens with zero attached hydrogens (tertiary/aromatic N) is 1. The number of halogens is 1. The molecule has 1 aromatic carbocycles. The van der Waals surface area contributed by atoms with Crippen LogP contribution in [0.15, 0.2) is 58.1 Å². The third-order valence-electron chi connectivity index (χ3n) is 3.87. The van der Waals surface area contributed by atoms with Crippen LogP contribution in [-0.2, 0) is 13.0 Å². The molecule has 24 heavy (non-hydrogen) atoms. The Morgan fingerprint density at radius 3 is 2.46 bits per heavy atom. The van der Waals surface area contributed by atoms with Crippen LogP contribution in [0.5, 0.6) is 0 Å². The second kappa shape index (κ2) is 11.1. The van der Waals surface area contributed by atoms with Crippen LogP contribution in [0.2, 0.25) is 0 Å². The summed E-state index contributed by atoms with van der Waals surface area (Å²) >= 11 is 0. The maximum absolute atomic E-state index is 5.36. The predicted octanol–water partition coefficient (Wildman–Crippen LogP) is 4.22. The third-order valence-corrected chi connectivity index (χ3v) is 3.87. The van der Waals surface area contributed by atoms with Crippen molar-refractivity contribution in [2.45, 2.75) is 39.8 Å². The monoisotopic (exact) mass is 441 g/mol. The predicted molar refractivity (Wildman–Crippen MR) is 111 cm³/mol. The van der Waals surface area contributed by atoms with Gasteiger partial charge in [0.1, 0.15) is 5.76 Å². The van der Waals surface area contributed by atoms with Crippen molar-refractivity contribution in [2.75, 3.05) is 6.54 Å². The fourth-order valence-electron chi connectivity index (χ4n) is 2.05. The Hall–Kier alpha value is -1.50. The van der Waals surface area contributed by atoms with Crippen LogP contribution in [0.25, 0.3) is 0 Å². The average Bonchev–Trinajstić information content (AvgIpc) is 3.06. The van der Waals surface area contributed by atoms with Gasteiger partial charge in [0, 0.05) is 19.0 Å². The first kappa shape index (κ1) is 20.5. The Morgan fingerprint density at radius 2 is 1.83 bits per heavy atom. The van der Waals surface area contributed by atoms with Crippen molar-refractivity contribution < 1.29 is 4.42 Å². The molecular weight excluding hydrogens is 413 g/mol. The minimum Gasteiger partial charge on any atom is -0.469 e. The summed E-state index contributed by atoms with van der Waals surface area (Å²) in [6.07, 6.45) is 2.55. The molecule has 0 aliphatic rings. The molecule has 0 saturated carbocycles. The lowest BCUT2D eigenvalue weighted by Gasteiger charge is -2.21. The molecule has 2 aromatic rings. The first-order valence-corrected chi connectivity index (χ1v) is 8.26. The van der Waals surface area contributed by atoms with Gasteiger partial charge in [0.05, 0.1) is 12.8 Å². The summed E-state index contributed by atoms with van der Waals surface area (Å²) in [7, 11) is 0. The molecule has 132 valence electrons. The molecule has 2 N–H and O–H groups in total. The van der Waals surface area contributed by atoms with Crippen molar-refractivity contribution in [3.63, 3.8) is 0 Å². The molecule has 0 saturated heterocycles. The molecule has 1 atom stereocenters. The van der Waals surface area contributed by atoms with Crippen LogP contribution in [0, 0.1) is 5.92 Å². The van der Waals surface area contributed by atoms with E-state index in [9.17, 15) is 0 Å². The van der Waals surface area contributed by atoms with E-state index in [0.29, 0.717) is 18.5 Å². The first-order valence-electron chi connectivity index (χ1n) is 8.26. The second-order valence-electron chi connectivity index (χ2n) is 6.08. The molecular formula is C19H28IN3O. The van der Waals surface area contributed by atoms with Crippen LogP contribution in [-0.4, -0.2) is 18.5 Å². The van der Waals surface area contributed by atoms with Gasteiger partial charge in [-0.05, 0) is 30.5 Å². The van der Waals surface area contributed by atoms with Crippen LogP contribution in [0.1, 0.15) is 32.1 Å². The van der Waals surface area contributed by atoms with E-state index in [4.69, 9.17) is 9.41 Å². The standard InChI is InChI=1S/C19H27N3O.HI/c1-15(2)16(3)22-19(20-12-11-18-10-7-13-23-18)21-14-17-8-5-4-6-9-17;/h4-10,13,15-16H,11-12,14H2,1-3H3,(H2,20,21,22);1H. The van der Waals surface area contributed by atoms with Gasteiger partial charge in [-0.2, -0.15) is 0 Å². The van der Waals surface area contributed by atoms with Crippen LogP contribution in [0.3, 0.4) is 0 Å². The van der Waals surface area contributed by atoms with Gasteiger partial charge in [-0.1, -0.05) is 44.2 Å². The largest absolute Gasteiger partial charge is 0.469 e. The van der Waals surface area contributed by atoms with Gasteiger partial charge in [-0.3, -0.25) is 0 Å². The first-order chi connectivity index (χ1) is 11.1. The van der Waals surface area contributed by atoms with E-state index in [1.54, 1.807) is 6.26 Å². The Labute approximate surface area is 162 Å². The van der Waals surface area contributed by atoms with Crippen molar-refractivity contribution in [1.82, 2.24) is 10.6 Å². The minimum atomic E-state index is 0. The zero-order valence-electron chi connectivity index (χ0n) is 14.7. The number of aliphatic imine (C=N–C) groups is 1. The molecule has 2 rings (SSSR count). The number of benzene rings is 1.